The summed E-state index contributed by atoms with van der Waals surface area (Å²) < 4.78 is 0. The van der Waals surface area contributed by atoms with E-state index in [2.05, 4.69) is 218 Å². The molecule has 2 aliphatic rings. The number of benzene rings is 17. The molecule has 21 rings (SSSR count). The fourth-order valence-corrected chi connectivity index (χ4v) is 16.1. The van der Waals surface area contributed by atoms with Gasteiger partial charge in [0, 0.05) is 33.4 Å². The van der Waals surface area contributed by atoms with Crippen LogP contribution in [0.25, 0.3) is 212 Å². The Morgan fingerprint density at radius 1 is 0.155 bits per heavy atom. The summed E-state index contributed by atoms with van der Waals surface area (Å²) in [6, 6.07) is 131. The second-order valence-electron chi connectivity index (χ2n) is 27.8. The third-order valence-electron chi connectivity index (χ3n) is 21.4. The summed E-state index contributed by atoms with van der Waals surface area (Å²) in [6.07, 6.45) is 0. The van der Waals surface area contributed by atoms with Crippen molar-refractivity contribution in [2.75, 3.05) is 0 Å². The second-order valence-corrected chi connectivity index (χ2v) is 27.8. The summed E-state index contributed by atoms with van der Waals surface area (Å²) >= 11 is 0. The molecule has 0 saturated carbocycles. The van der Waals surface area contributed by atoms with Gasteiger partial charge in [-0.3, -0.25) is 0 Å². The first-order chi connectivity index (χ1) is 54.4. The Kier molecular flexibility index (Phi) is 15.8. The van der Waals surface area contributed by atoms with Crippen molar-refractivity contribution in [3.05, 3.63) is 375 Å². The van der Waals surface area contributed by atoms with Gasteiger partial charge in [-0.2, -0.15) is 10.5 Å². The highest BCUT2D eigenvalue weighted by Gasteiger charge is 2.28. The Labute approximate surface area is 635 Å². The van der Waals surface area contributed by atoms with Crippen molar-refractivity contribution in [3.8, 4) is 181 Å². The molecule has 0 spiro atoms. The van der Waals surface area contributed by atoms with E-state index in [0.717, 1.165) is 99.4 Å². The summed E-state index contributed by atoms with van der Waals surface area (Å²) in [7, 11) is 0. The van der Waals surface area contributed by atoms with Gasteiger partial charge in [-0.1, -0.05) is 328 Å². The summed E-state index contributed by atoms with van der Waals surface area (Å²) in [4.78, 5) is 29.5. The molecule has 0 unspecified atom stereocenters. The van der Waals surface area contributed by atoms with Gasteiger partial charge in [0.2, 0.25) is 0 Å². The van der Waals surface area contributed by atoms with Crippen molar-refractivity contribution in [1.82, 2.24) is 29.9 Å². The maximum absolute atomic E-state index is 9.63. The molecule has 8 heteroatoms. The number of rotatable bonds is 11. The molecule has 0 atom stereocenters. The van der Waals surface area contributed by atoms with Crippen LogP contribution in [0.3, 0.4) is 0 Å². The highest BCUT2D eigenvalue weighted by atomic mass is 15.0. The zero-order valence-electron chi connectivity index (χ0n) is 59.2. The van der Waals surface area contributed by atoms with Gasteiger partial charge in [0.25, 0.3) is 0 Å². The lowest BCUT2D eigenvalue weighted by atomic mass is 9.87. The van der Waals surface area contributed by atoms with E-state index >= 15 is 0 Å². The van der Waals surface area contributed by atoms with Gasteiger partial charge in [-0.05, 0) is 180 Å². The zero-order chi connectivity index (χ0) is 73.2. The molecule has 0 saturated heterocycles. The average molecular weight is 1400 g/mol. The largest absolute Gasteiger partial charge is 0.208 e. The van der Waals surface area contributed by atoms with Gasteiger partial charge in [0.1, 0.15) is 0 Å². The summed E-state index contributed by atoms with van der Waals surface area (Å²) in [5.41, 5.74) is 28.5. The normalized spacial score (nSPS) is 11.4. The first-order valence-corrected chi connectivity index (χ1v) is 36.7. The van der Waals surface area contributed by atoms with Crippen LogP contribution in [0.2, 0.25) is 0 Å². The number of fused-ring (bicyclic) bond motifs is 8. The predicted octanol–water partition coefficient (Wildman–Crippen LogP) is 25.7. The van der Waals surface area contributed by atoms with Crippen molar-refractivity contribution in [2.45, 2.75) is 0 Å². The van der Waals surface area contributed by atoms with E-state index < -0.39 is 0 Å². The Morgan fingerprint density at radius 2 is 0.373 bits per heavy atom. The molecule has 8 nitrogen and oxygen atoms in total. The molecule has 110 heavy (non-hydrogen) atoms. The lowest BCUT2D eigenvalue weighted by Gasteiger charge is -2.16. The molecule has 17 aromatic carbocycles. The fraction of sp³-hybridized carbons (Fsp3) is 0. The molecule has 19 aromatic rings. The third-order valence-corrected chi connectivity index (χ3v) is 21.4. The van der Waals surface area contributed by atoms with Gasteiger partial charge in [0.05, 0.1) is 23.3 Å². The monoisotopic (exact) mass is 1400 g/mol. The van der Waals surface area contributed by atoms with Gasteiger partial charge >= 0.3 is 0 Å². The third kappa shape index (κ3) is 11.5. The number of hydrogen-bond acceptors (Lipinski definition) is 8. The highest BCUT2D eigenvalue weighted by molar-refractivity contribution is 6.24. The van der Waals surface area contributed by atoms with Gasteiger partial charge in [-0.15, -0.1) is 0 Å². The van der Waals surface area contributed by atoms with E-state index in [-0.39, 0.29) is 0 Å². The van der Waals surface area contributed by atoms with Crippen molar-refractivity contribution in [3.63, 3.8) is 0 Å². The Bertz CT molecular complexity index is 6820. The van der Waals surface area contributed by atoms with Crippen LogP contribution in [-0.2, 0) is 0 Å². The van der Waals surface area contributed by atoms with Crippen molar-refractivity contribution >= 4 is 43.1 Å². The maximum Gasteiger partial charge on any atom is 0.164 e. The van der Waals surface area contributed by atoms with Crippen molar-refractivity contribution in [2.24, 2.45) is 0 Å². The van der Waals surface area contributed by atoms with Crippen molar-refractivity contribution < 1.29 is 0 Å². The number of nitriles is 2. The molecule has 2 aromatic heterocycles. The minimum absolute atomic E-state index is 0.628. The van der Waals surface area contributed by atoms with E-state index in [4.69, 9.17) is 29.9 Å². The van der Waals surface area contributed by atoms with E-state index in [9.17, 15) is 10.5 Å². The lowest BCUT2D eigenvalue weighted by molar-refractivity contribution is 1.07. The van der Waals surface area contributed by atoms with Crippen LogP contribution < -0.4 is 0 Å². The Morgan fingerprint density at radius 3 is 0.664 bits per heavy atom. The second kappa shape index (κ2) is 27.0. The van der Waals surface area contributed by atoms with Gasteiger partial charge in [-0.25, -0.2) is 29.9 Å². The fourth-order valence-electron chi connectivity index (χ4n) is 16.1. The molecule has 0 fully saturated rings. The maximum atomic E-state index is 9.63. The SMILES string of the molecule is N#Cc1ccc2ccc(-c3ccc4c5c(ccc(-c6ccc(-c7ccc(-c8nc(-c9ccccc9)nc(-c9ccccc9)n8)cc7)cc6)c35)-c3ccccc3-4)cc2c1.N#Cc1ccc2ccc(-c3ccc4c5c(ccc(-c6ccc(-c7nc(-c8ccccc8)nc(-c8ccccc8)n7)cc6)c35)-c3ccccc3-4)cc2c1. The molecule has 0 bridgehead atoms. The number of hydrogen-bond donors (Lipinski definition) is 0. The smallest absolute Gasteiger partial charge is 0.164 e. The highest BCUT2D eigenvalue weighted by Crippen LogP contribution is 2.54. The van der Waals surface area contributed by atoms with Crippen molar-refractivity contribution in [1.29, 1.82) is 10.5 Å². The van der Waals surface area contributed by atoms with Crippen LogP contribution in [0, 0.1) is 22.7 Å². The molecular formula is C102H60N8. The minimum atomic E-state index is 0.628. The Balaban J connectivity index is 0.000000145. The molecule has 0 aliphatic heterocycles. The van der Waals surface area contributed by atoms with Crippen LogP contribution >= 0.6 is 0 Å². The Hall–Kier alpha value is -15.2. The topological polar surface area (TPSA) is 125 Å². The minimum Gasteiger partial charge on any atom is -0.208 e. The standard InChI is InChI=1S/C54H32N4.C48H28N4/c55-33-34-15-16-37-21-26-42(32-43(37)31-34)45-28-30-49-47-14-8-7-13-46(47)48-29-27-44(50(45)51(48)49)38-22-17-35(18-23-38)36-19-24-41(25-20-36)54-57-52(39-9-3-1-4-10-39)56-53(58-54)40-11-5-2-6-12-40;49-29-30-15-16-31-17-22-36(28-37(31)27-30)39-24-26-43-41-14-8-7-13-40(41)42-25-23-38(44(39)45(42)43)32-18-20-35(21-19-32)48-51-46(33-9-3-1-4-10-33)50-47(52-48)34-11-5-2-6-12-34/h1-32H;1-28H. The molecule has 508 valence electrons. The van der Waals surface area contributed by atoms with E-state index in [1.54, 1.807) is 0 Å². The molecule has 0 N–H and O–H groups in total. The van der Waals surface area contributed by atoms with Crippen LogP contribution in [0.1, 0.15) is 11.1 Å². The lowest BCUT2D eigenvalue weighted by Crippen LogP contribution is -2.00. The molecular weight excluding hydrogens is 1340 g/mol. The van der Waals surface area contributed by atoms with E-state index in [1.807, 2.05) is 158 Å². The summed E-state index contributed by atoms with van der Waals surface area (Å²) in [6.45, 7) is 0. The van der Waals surface area contributed by atoms with E-state index in [0.29, 0.717) is 46.1 Å². The van der Waals surface area contributed by atoms with Crippen LogP contribution in [0.15, 0.2) is 364 Å². The molecule has 2 aliphatic carbocycles. The number of nitrogens with zero attached hydrogens (tertiary/aromatic N) is 8. The van der Waals surface area contributed by atoms with Crippen LogP contribution in [-0.4, -0.2) is 29.9 Å². The first-order valence-electron chi connectivity index (χ1n) is 36.7. The zero-order valence-corrected chi connectivity index (χ0v) is 59.2. The average Bonchev–Trinajstić information content (AvgIpc) is 1.54. The summed E-state index contributed by atoms with van der Waals surface area (Å²) in [5.74, 6) is 3.84. The van der Waals surface area contributed by atoms with Gasteiger partial charge in [0.15, 0.2) is 34.9 Å². The summed E-state index contributed by atoms with van der Waals surface area (Å²) in [5, 5.41) is 28.6. The van der Waals surface area contributed by atoms with E-state index in [1.165, 1.54) is 77.2 Å². The molecule has 0 amide bonds. The number of aromatic nitrogens is 6. The quantitative estimate of drug-likeness (QED) is 0.125. The molecule has 2 heterocycles. The first kappa shape index (κ1) is 64.4. The predicted molar refractivity (Wildman–Crippen MR) is 448 cm³/mol. The molecule has 0 radical (unpaired) electrons. The van der Waals surface area contributed by atoms with Crippen LogP contribution in [0.4, 0.5) is 0 Å². The van der Waals surface area contributed by atoms with Gasteiger partial charge < -0.3 is 0 Å². The van der Waals surface area contributed by atoms with Crippen LogP contribution in [0.5, 0.6) is 0 Å².